The van der Waals surface area contributed by atoms with Crippen LogP contribution >= 0.6 is 0 Å². The zero-order valence-electron chi connectivity index (χ0n) is 12.0. The van der Waals surface area contributed by atoms with Crippen LogP contribution in [0.25, 0.3) is 11.1 Å². The summed E-state index contributed by atoms with van der Waals surface area (Å²) in [6, 6.07) is -0.271. The van der Waals surface area contributed by atoms with E-state index in [1.807, 2.05) is 20.8 Å². The van der Waals surface area contributed by atoms with E-state index in [1.165, 1.54) is 6.33 Å². The van der Waals surface area contributed by atoms with E-state index in [-0.39, 0.29) is 17.9 Å². The molecule has 0 fully saturated rings. The van der Waals surface area contributed by atoms with Crippen LogP contribution in [0.3, 0.4) is 0 Å². The number of nitrogens with zero attached hydrogens (tertiary/aromatic N) is 3. The molecule has 2 N–H and O–H groups in total. The van der Waals surface area contributed by atoms with Crippen LogP contribution in [-0.4, -0.2) is 32.2 Å². The van der Waals surface area contributed by atoms with Gasteiger partial charge in [-0.25, -0.2) is 4.98 Å². The van der Waals surface area contributed by atoms with Crippen molar-refractivity contribution in [3.05, 3.63) is 12.0 Å². The lowest BCUT2D eigenvalue weighted by molar-refractivity contribution is -0.137. The molecule has 0 aromatic carbocycles. The molecule has 1 unspecified atom stereocenters. The van der Waals surface area contributed by atoms with Crippen LogP contribution in [0.15, 0.2) is 10.9 Å². The highest BCUT2D eigenvalue weighted by Gasteiger charge is 2.28. The topological polar surface area (TPSA) is 101 Å². The number of nitrogens with one attached hydrogen (secondary N) is 1. The summed E-state index contributed by atoms with van der Waals surface area (Å²) in [6.07, 6.45) is 1.37. The smallest absolute Gasteiger partial charge is 0.305 e. The van der Waals surface area contributed by atoms with Gasteiger partial charge in [-0.3, -0.25) is 4.79 Å². The summed E-state index contributed by atoms with van der Waals surface area (Å²) in [5.41, 5.74) is 0.829. The molecule has 7 heteroatoms. The SMILES string of the molecule is Cc1noc2ncnc(NC(CC(=O)O)C(C)(C)C)c12. The highest BCUT2D eigenvalue weighted by atomic mass is 16.5. The number of fused-ring (bicyclic) bond motifs is 1. The Morgan fingerprint density at radius 2 is 2.15 bits per heavy atom. The summed E-state index contributed by atoms with van der Waals surface area (Å²) >= 11 is 0. The van der Waals surface area contributed by atoms with Crippen LogP contribution in [0.2, 0.25) is 0 Å². The molecule has 0 saturated carbocycles. The average molecular weight is 278 g/mol. The fraction of sp³-hybridized carbons (Fsp3) is 0.538. The first-order valence-corrected chi connectivity index (χ1v) is 6.34. The number of aromatic nitrogens is 3. The van der Waals surface area contributed by atoms with Crippen molar-refractivity contribution in [1.29, 1.82) is 0 Å². The van der Waals surface area contributed by atoms with Gasteiger partial charge in [-0.05, 0) is 12.3 Å². The van der Waals surface area contributed by atoms with Gasteiger partial charge in [0.1, 0.15) is 17.5 Å². The predicted octanol–water partition coefficient (Wildman–Crippen LogP) is 2.23. The van der Waals surface area contributed by atoms with Gasteiger partial charge in [-0.2, -0.15) is 4.98 Å². The maximum atomic E-state index is 11.0. The van der Waals surface area contributed by atoms with Gasteiger partial charge in [-0.15, -0.1) is 0 Å². The van der Waals surface area contributed by atoms with Crippen molar-refractivity contribution in [3.8, 4) is 0 Å². The molecule has 108 valence electrons. The second kappa shape index (κ2) is 5.07. The number of carboxylic acids is 1. The number of hydrogen-bond acceptors (Lipinski definition) is 6. The monoisotopic (exact) mass is 278 g/mol. The van der Waals surface area contributed by atoms with Crippen LogP contribution in [0, 0.1) is 12.3 Å². The molecule has 0 aliphatic rings. The highest BCUT2D eigenvalue weighted by molar-refractivity contribution is 5.87. The fourth-order valence-corrected chi connectivity index (χ4v) is 1.94. The number of rotatable bonds is 4. The Bertz CT molecular complexity index is 630. The molecule has 0 aliphatic carbocycles. The molecule has 2 rings (SSSR count). The molecule has 2 aromatic rings. The molecule has 0 bridgehead atoms. The molecule has 0 saturated heterocycles. The largest absolute Gasteiger partial charge is 0.481 e. The minimum atomic E-state index is -0.857. The van der Waals surface area contributed by atoms with Gasteiger partial charge < -0.3 is 14.9 Å². The van der Waals surface area contributed by atoms with E-state index in [0.29, 0.717) is 22.6 Å². The highest BCUT2D eigenvalue weighted by Crippen LogP contribution is 2.29. The van der Waals surface area contributed by atoms with Gasteiger partial charge in [0, 0.05) is 6.04 Å². The van der Waals surface area contributed by atoms with Crippen molar-refractivity contribution in [2.75, 3.05) is 5.32 Å². The molecule has 1 atom stereocenters. The van der Waals surface area contributed by atoms with Crippen LogP contribution < -0.4 is 5.32 Å². The molecule has 0 radical (unpaired) electrons. The maximum Gasteiger partial charge on any atom is 0.305 e. The predicted molar refractivity (Wildman–Crippen MR) is 73.5 cm³/mol. The van der Waals surface area contributed by atoms with Gasteiger partial charge >= 0.3 is 5.97 Å². The van der Waals surface area contributed by atoms with E-state index in [1.54, 1.807) is 6.92 Å². The minimum Gasteiger partial charge on any atom is -0.481 e. The molecule has 2 aromatic heterocycles. The summed E-state index contributed by atoms with van der Waals surface area (Å²) in [6.45, 7) is 7.73. The second-order valence-electron chi connectivity index (χ2n) is 5.83. The molecule has 0 amide bonds. The molecule has 20 heavy (non-hydrogen) atoms. The van der Waals surface area contributed by atoms with Gasteiger partial charge in [0.05, 0.1) is 12.1 Å². The Morgan fingerprint density at radius 3 is 2.75 bits per heavy atom. The van der Waals surface area contributed by atoms with E-state index < -0.39 is 5.97 Å². The van der Waals surface area contributed by atoms with Crippen molar-refractivity contribution < 1.29 is 14.4 Å². The average Bonchev–Trinajstić information content (AvgIpc) is 2.70. The van der Waals surface area contributed by atoms with E-state index in [9.17, 15) is 4.79 Å². The number of anilines is 1. The third-order valence-electron chi connectivity index (χ3n) is 3.18. The number of carboxylic acid groups (broad SMARTS) is 1. The first kappa shape index (κ1) is 14.2. The number of hydrogen-bond donors (Lipinski definition) is 2. The van der Waals surface area contributed by atoms with Crippen LogP contribution in [0.5, 0.6) is 0 Å². The third kappa shape index (κ3) is 2.87. The zero-order valence-corrected chi connectivity index (χ0v) is 12.0. The summed E-state index contributed by atoms with van der Waals surface area (Å²) in [7, 11) is 0. The van der Waals surface area contributed by atoms with Crippen LogP contribution in [-0.2, 0) is 4.79 Å². The van der Waals surface area contributed by atoms with Crippen molar-refractivity contribution >= 4 is 22.9 Å². The zero-order chi connectivity index (χ0) is 14.9. The molecule has 0 aliphatic heterocycles. The number of aliphatic carboxylic acids is 1. The van der Waals surface area contributed by atoms with E-state index in [0.717, 1.165) is 0 Å². The Balaban J connectivity index is 2.38. The standard InChI is InChI=1S/C13H18N4O3/c1-7-10-11(14-6-15-12(10)20-17-7)16-8(5-9(18)19)13(2,3)4/h6,8H,5H2,1-4H3,(H,18,19)(H,14,15,16). The molecular formula is C13H18N4O3. The molecular weight excluding hydrogens is 260 g/mol. The van der Waals surface area contributed by atoms with E-state index >= 15 is 0 Å². The Labute approximate surface area is 116 Å². The second-order valence-corrected chi connectivity index (χ2v) is 5.83. The minimum absolute atomic E-state index is 0.000671. The summed E-state index contributed by atoms with van der Waals surface area (Å²) in [4.78, 5) is 19.2. The maximum absolute atomic E-state index is 11.0. The summed E-state index contributed by atoms with van der Waals surface area (Å²) < 4.78 is 5.08. The summed E-state index contributed by atoms with van der Waals surface area (Å²) in [5.74, 6) is -0.306. The third-order valence-corrected chi connectivity index (χ3v) is 3.18. The lowest BCUT2D eigenvalue weighted by Gasteiger charge is -2.30. The summed E-state index contributed by atoms with van der Waals surface area (Å²) in [5, 5.41) is 16.8. The quantitative estimate of drug-likeness (QED) is 0.884. The van der Waals surface area contributed by atoms with Gasteiger partial charge in [0.15, 0.2) is 0 Å². The van der Waals surface area contributed by atoms with Crippen LogP contribution in [0.1, 0.15) is 32.9 Å². The molecule has 7 nitrogen and oxygen atoms in total. The van der Waals surface area contributed by atoms with Crippen molar-refractivity contribution in [2.45, 2.75) is 40.2 Å². The number of aryl methyl sites for hydroxylation is 1. The fourth-order valence-electron chi connectivity index (χ4n) is 1.94. The van der Waals surface area contributed by atoms with Crippen molar-refractivity contribution in [1.82, 2.24) is 15.1 Å². The van der Waals surface area contributed by atoms with Gasteiger partial charge in [0.2, 0.25) is 0 Å². The van der Waals surface area contributed by atoms with Crippen molar-refractivity contribution in [2.24, 2.45) is 5.41 Å². The first-order chi connectivity index (χ1) is 9.29. The molecule has 0 spiro atoms. The molecule has 2 heterocycles. The number of carbonyl (C=O) groups is 1. The van der Waals surface area contributed by atoms with Crippen molar-refractivity contribution in [3.63, 3.8) is 0 Å². The van der Waals surface area contributed by atoms with Gasteiger partial charge in [0.25, 0.3) is 5.71 Å². The van der Waals surface area contributed by atoms with E-state index in [4.69, 9.17) is 9.63 Å². The normalized spacial score (nSPS) is 13.4. The Hall–Kier alpha value is -2.18. The Kier molecular flexibility index (Phi) is 3.61. The van der Waals surface area contributed by atoms with Gasteiger partial charge in [-0.1, -0.05) is 25.9 Å². The lowest BCUT2D eigenvalue weighted by Crippen LogP contribution is -2.36. The Morgan fingerprint density at radius 1 is 1.45 bits per heavy atom. The van der Waals surface area contributed by atoms with Crippen LogP contribution in [0.4, 0.5) is 5.82 Å². The van der Waals surface area contributed by atoms with E-state index in [2.05, 4.69) is 20.4 Å². The first-order valence-electron chi connectivity index (χ1n) is 6.34. The lowest BCUT2D eigenvalue weighted by atomic mass is 9.84.